The fourth-order valence-corrected chi connectivity index (χ4v) is 1.84. The molecule has 0 aliphatic rings. The molecule has 0 saturated carbocycles. The van der Waals surface area contributed by atoms with Crippen LogP contribution in [0, 0.1) is 6.92 Å². The van der Waals surface area contributed by atoms with Gasteiger partial charge in [0.2, 0.25) is 0 Å². The SMILES string of the molecule is Cc1ccc2c(C(=O)CBr)c[nH]c2c1. The minimum Gasteiger partial charge on any atom is -0.360 e. The average Bonchev–Trinajstić information content (AvgIpc) is 2.59. The van der Waals surface area contributed by atoms with Crippen molar-refractivity contribution < 1.29 is 4.79 Å². The van der Waals surface area contributed by atoms with Crippen molar-refractivity contribution in [2.45, 2.75) is 6.92 Å². The van der Waals surface area contributed by atoms with E-state index >= 15 is 0 Å². The van der Waals surface area contributed by atoms with E-state index in [0.29, 0.717) is 5.33 Å². The van der Waals surface area contributed by atoms with Gasteiger partial charge in [0, 0.05) is 22.7 Å². The van der Waals surface area contributed by atoms with Crippen LogP contribution in [0.4, 0.5) is 0 Å². The first kappa shape index (κ1) is 9.46. The number of ketones is 1. The number of hydrogen-bond acceptors (Lipinski definition) is 1. The molecule has 0 fully saturated rings. The summed E-state index contributed by atoms with van der Waals surface area (Å²) in [5.41, 5.74) is 2.98. The predicted octanol–water partition coefficient (Wildman–Crippen LogP) is 3.05. The molecule has 2 nitrogen and oxygen atoms in total. The molecule has 0 amide bonds. The van der Waals surface area contributed by atoms with Crippen LogP contribution >= 0.6 is 15.9 Å². The Morgan fingerprint density at radius 2 is 2.29 bits per heavy atom. The van der Waals surface area contributed by atoms with Gasteiger partial charge in [0.05, 0.1) is 5.33 Å². The fourth-order valence-electron chi connectivity index (χ4n) is 1.54. The fraction of sp³-hybridized carbons (Fsp3) is 0.182. The lowest BCUT2D eigenvalue weighted by molar-refractivity contribution is 0.102. The monoisotopic (exact) mass is 251 g/mol. The Labute approximate surface area is 90.4 Å². The van der Waals surface area contributed by atoms with Gasteiger partial charge >= 0.3 is 0 Å². The van der Waals surface area contributed by atoms with E-state index in [1.54, 1.807) is 6.20 Å². The molecule has 0 saturated heterocycles. The van der Waals surface area contributed by atoms with Crippen LogP contribution in [0.5, 0.6) is 0 Å². The van der Waals surface area contributed by atoms with Gasteiger partial charge in [-0.05, 0) is 18.6 Å². The highest BCUT2D eigenvalue weighted by molar-refractivity contribution is 9.09. The summed E-state index contributed by atoms with van der Waals surface area (Å²) in [5, 5.41) is 1.37. The highest BCUT2D eigenvalue weighted by Gasteiger charge is 2.09. The summed E-state index contributed by atoms with van der Waals surface area (Å²) in [6, 6.07) is 6.04. The summed E-state index contributed by atoms with van der Waals surface area (Å²) in [6.07, 6.45) is 1.77. The van der Waals surface area contributed by atoms with Crippen LogP contribution < -0.4 is 0 Å². The number of alkyl halides is 1. The molecule has 2 rings (SSSR count). The van der Waals surface area contributed by atoms with E-state index in [4.69, 9.17) is 0 Å². The molecule has 14 heavy (non-hydrogen) atoms. The van der Waals surface area contributed by atoms with Gasteiger partial charge < -0.3 is 4.98 Å². The third-order valence-electron chi connectivity index (χ3n) is 2.26. The van der Waals surface area contributed by atoms with E-state index in [0.717, 1.165) is 16.5 Å². The first-order valence-electron chi connectivity index (χ1n) is 4.39. The topological polar surface area (TPSA) is 32.9 Å². The summed E-state index contributed by atoms with van der Waals surface area (Å²) in [7, 11) is 0. The lowest BCUT2D eigenvalue weighted by Crippen LogP contribution is -1.97. The number of halogens is 1. The van der Waals surface area contributed by atoms with Crippen LogP contribution in [0.2, 0.25) is 0 Å². The molecule has 0 radical (unpaired) electrons. The molecule has 1 aromatic heterocycles. The molecule has 1 N–H and O–H groups in total. The van der Waals surface area contributed by atoms with Crippen molar-refractivity contribution >= 4 is 32.6 Å². The van der Waals surface area contributed by atoms with Crippen LogP contribution in [-0.2, 0) is 0 Å². The molecule has 3 heteroatoms. The van der Waals surface area contributed by atoms with Crippen molar-refractivity contribution in [3.8, 4) is 0 Å². The summed E-state index contributed by atoms with van der Waals surface area (Å²) in [6.45, 7) is 2.03. The predicted molar refractivity (Wildman–Crippen MR) is 61.2 cm³/mol. The van der Waals surface area contributed by atoms with Gasteiger partial charge in [-0.3, -0.25) is 4.79 Å². The van der Waals surface area contributed by atoms with Gasteiger partial charge in [-0.15, -0.1) is 0 Å². The molecule has 72 valence electrons. The van der Waals surface area contributed by atoms with Crippen molar-refractivity contribution in [1.82, 2.24) is 4.98 Å². The summed E-state index contributed by atoms with van der Waals surface area (Å²) in [5.74, 6) is 0.111. The highest BCUT2D eigenvalue weighted by Crippen LogP contribution is 2.20. The first-order chi connectivity index (χ1) is 6.72. The number of aromatic amines is 1. The maximum absolute atomic E-state index is 11.5. The molecule has 1 heterocycles. The Morgan fingerprint density at radius 1 is 1.50 bits per heavy atom. The Hall–Kier alpha value is -1.09. The summed E-state index contributed by atoms with van der Waals surface area (Å²) >= 11 is 3.17. The zero-order chi connectivity index (χ0) is 10.1. The molecule has 0 aliphatic heterocycles. The van der Waals surface area contributed by atoms with E-state index in [9.17, 15) is 4.79 Å². The molecular formula is C11H10BrNO. The number of hydrogen-bond donors (Lipinski definition) is 1. The molecule has 0 aliphatic carbocycles. The molecule has 0 unspecified atom stereocenters. The number of benzene rings is 1. The van der Waals surface area contributed by atoms with Crippen molar-refractivity contribution in [3.05, 3.63) is 35.5 Å². The van der Waals surface area contributed by atoms with Crippen molar-refractivity contribution in [2.75, 3.05) is 5.33 Å². The van der Waals surface area contributed by atoms with E-state index in [2.05, 4.69) is 20.9 Å². The quantitative estimate of drug-likeness (QED) is 0.646. The molecular weight excluding hydrogens is 242 g/mol. The standard InChI is InChI=1S/C11H10BrNO/c1-7-2-3-8-9(11(14)5-12)6-13-10(8)4-7/h2-4,6,13H,5H2,1H3. The van der Waals surface area contributed by atoms with Gasteiger partial charge in [-0.25, -0.2) is 0 Å². The maximum Gasteiger partial charge on any atom is 0.175 e. The Morgan fingerprint density at radius 3 is 3.00 bits per heavy atom. The summed E-state index contributed by atoms with van der Waals surface area (Å²) < 4.78 is 0. The van der Waals surface area contributed by atoms with Crippen LogP contribution in [0.25, 0.3) is 10.9 Å². The highest BCUT2D eigenvalue weighted by atomic mass is 79.9. The minimum absolute atomic E-state index is 0.111. The van der Waals surface area contributed by atoms with E-state index < -0.39 is 0 Å². The number of Topliss-reactive ketones (excluding diaryl/α,β-unsaturated/α-hetero) is 1. The second kappa shape index (κ2) is 3.58. The number of nitrogens with one attached hydrogen (secondary N) is 1. The molecule has 1 aromatic carbocycles. The normalized spacial score (nSPS) is 10.7. The second-order valence-corrected chi connectivity index (χ2v) is 3.87. The van der Waals surface area contributed by atoms with Crippen LogP contribution in [-0.4, -0.2) is 16.1 Å². The number of carbonyl (C=O) groups excluding carboxylic acids is 1. The lowest BCUT2D eigenvalue weighted by Gasteiger charge is -1.95. The number of aromatic nitrogens is 1. The van der Waals surface area contributed by atoms with Crippen molar-refractivity contribution in [2.24, 2.45) is 0 Å². The third-order valence-corrected chi connectivity index (χ3v) is 2.77. The van der Waals surface area contributed by atoms with Gasteiger partial charge in [0.15, 0.2) is 5.78 Å². The van der Waals surface area contributed by atoms with Crippen LogP contribution in [0.1, 0.15) is 15.9 Å². The van der Waals surface area contributed by atoms with E-state index in [1.807, 2.05) is 25.1 Å². The van der Waals surface area contributed by atoms with Crippen molar-refractivity contribution in [3.63, 3.8) is 0 Å². The van der Waals surface area contributed by atoms with E-state index in [-0.39, 0.29) is 5.78 Å². The number of carbonyl (C=O) groups is 1. The zero-order valence-corrected chi connectivity index (χ0v) is 9.39. The number of aryl methyl sites for hydroxylation is 1. The van der Waals surface area contributed by atoms with Gasteiger partial charge in [0.25, 0.3) is 0 Å². The smallest absolute Gasteiger partial charge is 0.175 e. The van der Waals surface area contributed by atoms with Crippen LogP contribution in [0.15, 0.2) is 24.4 Å². The van der Waals surface area contributed by atoms with Crippen LogP contribution in [0.3, 0.4) is 0 Å². The Bertz CT molecular complexity index is 487. The number of rotatable bonds is 2. The Kier molecular flexibility index (Phi) is 2.42. The summed E-state index contributed by atoms with van der Waals surface area (Å²) in [4.78, 5) is 14.6. The molecule has 0 bridgehead atoms. The van der Waals surface area contributed by atoms with E-state index in [1.165, 1.54) is 5.56 Å². The Balaban J connectivity index is 2.64. The third kappa shape index (κ3) is 1.48. The largest absolute Gasteiger partial charge is 0.360 e. The molecule has 2 aromatic rings. The average molecular weight is 252 g/mol. The molecule has 0 atom stereocenters. The minimum atomic E-state index is 0.111. The molecule has 0 spiro atoms. The van der Waals surface area contributed by atoms with Gasteiger partial charge in [-0.2, -0.15) is 0 Å². The van der Waals surface area contributed by atoms with Gasteiger partial charge in [-0.1, -0.05) is 28.1 Å². The maximum atomic E-state index is 11.5. The number of H-pyrrole nitrogens is 1. The number of fused-ring (bicyclic) bond motifs is 1. The second-order valence-electron chi connectivity index (χ2n) is 3.31. The zero-order valence-electron chi connectivity index (χ0n) is 7.80. The van der Waals surface area contributed by atoms with Crippen molar-refractivity contribution in [1.29, 1.82) is 0 Å². The lowest BCUT2D eigenvalue weighted by atomic mass is 10.1. The first-order valence-corrected chi connectivity index (χ1v) is 5.51. The van der Waals surface area contributed by atoms with Gasteiger partial charge in [0.1, 0.15) is 0 Å².